The number of hydrogen-bond acceptors (Lipinski definition) is 3. The summed E-state index contributed by atoms with van der Waals surface area (Å²) in [5.74, 6) is 1.59. The van der Waals surface area contributed by atoms with Gasteiger partial charge in [0.2, 0.25) is 0 Å². The average molecular weight is 363 g/mol. The minimum absolute atomic E-state index is 0.114. The molecule has 0 bridgehead atoms. The number of rotatable bonds is 0. The van der Waals surface area contributed by atoms with Crippen molar-refractivity contribution in [1.82, 2.24) is 0 Å². The van der Waals surface area contributed by atoms with Crippen LogP contribution in [0.5, 0.6) is 5.75 Å². The van der Waals surface area contributed by atoms with Gasteiger partial charge >= 0.3 is 0 Å². The van der Waals surface area contributed by atoms with Crippen LogP contribution in [-0.2, 0) is 4.79 Å². The number of fused-ring (bicyclic) bond motifs is 5. The molecule has 4 rings (SSSR count). The van der Waals surface area contributed by atoms with E-state index in [4.69, 9.17) is 0 Å². The largest absolute Gasteiger partial charge is 0.507 e. The first-order valence-corrected chi connectivity index (χ1v) is 8.80. The molecule has 1 aromatic rings. The van der Waals surface area contributed by atoms with Crippen molar-refractivity contribution >= 4 is 27.5 Å². The zero-order valence-electron chi connectivity index (χ0n) is 12.6. The van der Waals surface area contributed by atoms with Crippen LogP contribution < -0.4 is 0 Å². The molecule has 3 aliphatic rings. The van der Waals surface area contributed by atoms with Gasteiger partial charge in [0.15, 0.2) is 5.78 Å². The first kappa shape index (κ1) is 14.4. The highest BCUT2D eigenvalue weighted by Crippen LogP contribution is 2.59. The fourth-order valence-corrected chi connectivity index (χ4v) is 5.54. The van der Waals surface area contributed by atoms with Gasteiger partial charge in [-0.2, -0.15) is 0 Å². The Bertz CT molecular complexity index is 696. The number of carbonyl (C=O) groups is 2. The van der Waals surface area contributed by atoms with Gasteiger partial charge in [0, 0.05) is 23.8 Å². The molecule has 4 heteroatoms. The van der Waals surface area contributed by atoms with E-state index >= 15 is 0 Å². The summed E-state index contributed by atoms with van der Waals surface area (Å²) in [5, 5.41) is 9.87. The van der Waals surface area contributed by atoms with E-state index in [1.165, 1.54) is 0 Å². The summed E-state index contributed by atoms with van der Waals surface area (Å²) < 4.78 is 0.649. The number of hydrogen-bond donors (Lipinski definition) is 1. The van der Waals surface area contributed by atoms with E-state index in [1.807, 2.05) is 6.07 Å². The maximum Gasteiger partial charge on any atom is 0.163 e. The van der Waals surface area contributed by atoms with Crippen molar-refractivity contribution < 1.29 is 14.7 Å². The molecule has 0 unspecified atom stereocenters. The maximum absolute atomic E-state index is 12.6. The number of halogens is 1. The second-order valence-corrected chi connectivity index (χ2v) is 8.17. The molecule has 2 saturated carbocycles. The van der Waals surface area contributed by atoms with E-state index in [2.05, 4.69) is 22.9 Å². The third-order valence-corrected chi connectivity index (χ3v) is 7.02. The van der Waals surface area contributed by atoms with E-state index in [0.29, 0.717) is 40.5 Å². The Morgan fingerprint density at radius 1 is 1.27 bits per heavy atom. The Balaban J connectivity index is 1.81. The van der Waals surface area contributed by atoms with E-state index in [9.17, 15) is 14.7 Å². The highest BCUT2D eigenvalue weighted by Gasteiger charge is 2.55. The third-order valence-electron chi connectivity index (χ3n) is 6.39. The van der Waals surface area contributed by atoms with Crippen LogP contribution in [0.25, 0.3) is 0 Å². The second-order valence-electron chi connectivity index (χ2n) is 7.31. The van der Waals surface area contributed by atoms with Crippen LogP contribution in [0, 0.1) is 17.3 Å². The summed E-state index contributed by atoms with van der Waals surface area (Å²) in [4.78, 5) is 24.9. The summed E-state index contributed by atoms with van der Waals surface area (Å²) in [6, 6.07) is 3.52. The standard InChI is InChI=1S/C18H19BrO3/c1-18-5-4-9-10-6-14(19)16(21)8-12(10)15(20)7-11(9)13(18)2-3-17(18)22/h6,8-9,11,13,21H,2-5,7H2,1H3/t9-,11-,13+,18+/m1/s1. The zero-order valence-corrected chi connectivity index (χ0v) is 14.1. The number of ketones is 2. The molecular formula is C18H19BrO3. The van der Waals surface area contributed by atoms with Crippen LogP contribution in [0.2, 0.25) is 0 Å². The molecule has 0 heterocycles. The van der Waals surface area contributed by atoms with E-state index in [-0.39, 0.29) is 22.9 Å². The van der Waals surface area contributed by atoms with Crippen LogP contribution in [-0.4, -0.2) is 16.7 Å². The van der Waals surface area contributed by atoms with Crippen molar-refractivity contribution in [1.29, 1.82) is 0 Å². The predicted octanol–water partition coefficient (Wildman–Crippen LogP) is 4.22. The van der Waals surface area contributed by atoms with Crippen LogP contribution in [0.1, 0.15) is 60.9 Å². The lowest BCUT2D eigenvalue weighted by atomic mass is 9.55. The van der Waals surface area contributed by atoms with Crippen molar-refractivity contribution in [3.63, 3.8) is 0 Å². The molecule has 0 aliphatic heterocycles. The number of carbonyl (C=O) groups excluding carboxylic acids is 2. The highest BCUT2D eigenvalue weighted by molar-refractivity contribution is 9.10. The van der Waals surface area contributed by atoms with Crippen molar-refractivity contribution in [2.45, 2.75) is 44.9 Å². The summed E-state index contributed by atoms with van der Waals surface area (Å²) in [6.07, 6.45) is 4.00. The van der Waals surface area contributed by atoms with Gasteiger partial charge in [-0.15, -0.1) is 0 Å². The number of Topliss-reactive ketones (excluding diaryl/α,β-unsaturated/α-hetero) is 2. The Kier molecular flexibility index (Phi) is 3.06. The minimum atomic E-state index is -0.215. The lowest BCUT2D eigenvalue weighted by Gasteiger charge is -2.47. The zero-order chi connectivity index (χ0) is 15.6. The van der Waals surface area contributed by atoms with Gasteiger partial charge in [0.25, 0.3) is 0 Å². The molecule has 0 radical (unpaired) electrons. The van der Waals surface area contributed by atoms with Gasteiger partial charge in [0.1, 0.15) is 11.5 Å². The quantitative estimate of drug-likeness (QED) is 0.751. The van der Waals surface area contributed by atoms with Gasteiger partial charge in [-0.1, -0.05) is 6.92 Å². The number of phenols is 1. The van der Waals surface area contributed by atoms with Crippen LogP contribution >= 0.6 is 15.9 Å². The first-order valence-electron chi connectivity index (χ1n) is 8.00. The van der Waals surface area contributed by atoms with Gasteiger partial charge < -0.3 is 5.11 Å². The van der Waals surface area contributed by atoms with Crippen molar-refractivity contribution in [2.75, 3.05) is 0 Å². The lowest BCUT2D eigenvalue weighted by Crippen LogP contribution is -2.43. The lowest BCUT2D eigenvalue weighted by molar-refractivity contribution is -0.129. The molecule has 22 heavy (non-hydrogen) atoms. The average Bonchev–Trinajstić information content (AvgIpc) is 2.78. The molecule has 116 valence electrons. The Hall–Kier alpha value is -1.16. The first-order chi connectivity index (χ1) is 10.4. The number of benzene rings is 1. The Labute approximate surface area is 138 Å². The molecule has 4 atom stereocenters. The monoisotopic (exact) mass is 362 g/mol. The topological polar surface area (TPSA) is 54.4 Å². The second kappa shape index (κ2) is 4.67. The molecule has 0 spiro atoms. The molecule has 0 amide bonds. The minimum Gasteiger partial charge on any atom is -0.507 e. The Morgan fingerprint density at radius 3 is 2.82 bits per heavy atom. The molecule has 0 aromatic heterocycles. The maximum atomic E-state index is 12.6. The molecule has 3 aliphatic carbocycles. The summed E-state index contributed by atoms with van der Waals surface area (Å²) in [6.45, 7) is 2.11. The van der Waals surface area contributed by atoms with Gasteiger partial charge in [-0.25, -0.2) is 0 Å². The van der Waals surface area contributed by atoms with Crippen molar-refractivity contribution in [3.05, 3.63) is 27.7 Å². The van der Waals surface area contributed by atoms with E-state index in [0.717, 1.165) is 24.8 Å². The van der Waals surface area contributed by atoms with Gasteiger partial charge in [-0.3, -0.25) is 9.59 Å². The normalized spacial score (nSPS) is 36.7. The molecular weight excluding hydrogens is 344 g/mol. The van der Waals surface area contributed by atoms with E-state index < -0.39 is 0 Å². The van der Waals surface area contributed by atoms with Crippen molar-refractivity contribution in [2.24, 2.45) is 17.3 Å². The molecule has 2 fully saturated rings. The predicted molar refractivity (Wildman–Crippen MR) is 86.1 cm³/mol. The third kappa shape index (κ3) is 1.79. The summed E-state index contributed by atoms with van der Waals surface area (Å²) in [7, 11) is 0. The highest BCUT2D eigenvalue weighted by atomic mass is 79.9. The van der Waals surface area contributed by atoms with Crippen molar-refractivity contribution in [3.8, 4) is 5.75 Å². The number of phenolic OH excluding ortho intramolecular Hbond substituents is 1. The number of aromatic hydroxyl groups is 1. The van der Waals surface area contributed by atoms with E-state index in [1.54, 1.807) is 6.07 Å². The Morgan fingerprint density at radius 2 is 2.05 bits per heavy atom. The molecule has 1 N–H and O–H groups in total. The SMILES string of the molecule is C[C@]12CC[C@@H]3c4cc(Br)c(O)cc4C(=O)C[C@H]3[C@@H]1CCC2=O. The van der Waals surface area contributed by atoms with Crippen LogP contribution in [0.3, 0.4) is 0 Å². The van der Waals surface area contributed by atoms with Crippen LogP contribution in [0.4, 0.5) is 0 Å². The fraction of sp³-hybridized carbons (Fsp3) is 0.556. The molecule has 0 saturated heterocycles. The van der Waals surface area contributed by atoms with Gasteiger partial charge in [0.05, 0.1) is 4.47 Å². The fourth-order valence-electron chi connectivity index (χ4n) is 5.18. The van der Waals surface area contributed by atoms with Crippen LogP contribution in [0.15, 0.2) is 16.6 Å². The molecule has 3 nitrogen and oxygen atoms in total. The molecule has 1 aromatic carbocycles. The van der Waals surface area contributed by atoms with Gasteiger partial charge in [-0.05, 0) is 70.6 Å². The summed E-state index contributed by atoms with van der Waals surface area (Å²) >= 11 is 3.37. The summed E-state index contributed by atoms with van der Waals surface area (Å²) in [5.41, 5.74) is 1.52. The smallest absolute Gasteiger partial charge is 0.163 e.